The topological polar surface area (TPSA) is 81.8 Å². The zero-order valence-electron chi connectivity index (χ0n) is 11.7. The highest BCUT2D eigenvalue weighted by atomic mass is 35.5. The van der Waals surface area contributed by atoms with Crippen LogP contribution in [0.15, 0.2) is 30.5 Å². The molecule has 0 aliphatic carbocycles. The van der Waals surface area contributed by atoms with Crippen molar-refractivity contribution in [2.45, 2.75) is 13.3 Å². The fraction of sp³-hybridized carbons (Fsp3) is 0.286. The van der Waals surface area contributed by atoms with E-state index >= 15 is 0 Å². The monoisotopic (exact) mass is 307 g/mol. The number of rotatable bonds is 7. The summed E-state index contributed by atoms with van der Waals surface area (Å²) >= 11 is 5.96. The summed E-state index contributed by atoms with van der Waals surface area (Å²) in [5, 5.41) is 16.8. The fourth-order valence-corrected chi connectivity index (χ4v) is 1.99. The summed E-state index contributed by atoms with van der Waals surface area (Å²) in [5.41, 5.74) is 1.74. The third-order valence-corrected chi connectivity index (χ3v) is 3.01. The number of anilines is 3. The lowest BCUT2D eigenvalue weighted by Crippen LogP contribution is -2.22. The van der Waals surface area contributed by atoms with E-state index in [1.54, 1.807) is 6.20 Å². The molecule has 0 unspecified atom stereocenters. The molecule has 21 heavy (non-hydrogen) atoms. The number of carbonyl (C=O) groups excluding carboxylic acids is 1. The Bertz CT molecular complexity index is 599. The van der Waals surface area contributed by atoms with Gasteiger partial charge >= 0.3 is 0 Å². The average molecular weight is 308 g/mol. The normalized spacial score (nSPS) is 10.2. The molecule has 0 radical (unpaired) electrons. The van der Waals surface area contributed by atoms with Crippen LogP contribution in [0.4, 0.5) is 17.2 Å². The van der Waals surface area contributed by atoms with Gasteiger partial charge in [0.25, 0.3) is 0 Å². The molecule has 0 aliphatic rings. The first-order valence-electron chi connectivity index (χ1n) is 6.69. The number of carbonyl (C=O) groups is 1. The molecule has 6 nitrogen and oxygen atoms in total. The summed E-state index contributed by atoms with van der Waals surface area (Å²) in [5.74, 6) is 0.789. The van der Waals surface area contributed by atoms with E-state index in [4.69, 9.17) is 11.6 Å². The summed E-state index contributed by atoms with van der Waals surface area (Å²) in [6.45, 7) is 2.88. The van der Waals surface area contributed by atoms with Crippen molar-refractivity contribution in [2.24, 2.45) is 0 Å². The van der Waals surface area contributed by atoms with Crippen molar-refractivity contribution in [1.29, 1.82) is 0 Å². The minimum Gasteiger partial charge on any atom is -0.369 e. The third kappa shape index (κ3) is 5.00. The Hall–Kier alpha value is -2.21. The largest absolute Gasteiger partial charge is 0.369 e. The number of benzene rings is 1. The van der Waals surface area contributed by atoms with Crippen molar-refractivity contribution in [3.05, 3.63) is 35.5 Å². The SMILES string of the molecule is CC(=O)NCCCNc1[nH]ncc1Nc1cccc(Cl)c1. The Kier molecular flexibility index (Phi) is 5.45. The van der Waals surface area contributed by atoms with Crippen LogP contribution < -0.4 is 16.0 Å². The van der Waals surface area contributed by atoms with Crippen LogP contribution in [0, 0.1) is 0 Å². The van der Waals surface area contributed by atoms with Crippen LogP contribution in [-0.2, 0) is 4.79 Å². The molecule has 1 aromatic heterocycles. The maximum absolute atomic E-state index is 10.8. The first kappa shape index (κ1) is 15.2. The van der Waals surface area contributed by atoms with Gasteiger partial charge in [-0.25, -0.2) is 0 Å². The van der Waals surface area contributed by atoms with Gasteiger partial charge in [-0.1, -0.05) is 17.7 Å². The highest BCUT2D eigenvalue weighted by molar-refractivity contribution is 6.30. The number of hydrogen-bond acceptors (Lipinski definition) is 4. The highest BCUT2D eigenvalue weighted by Crippen LogP contribution is 2.24. The van der Waals surface area contributed by atoms with Gasteiger partial charge in [-0.3, -0.25) is 9.89 Å². The Morgan fingerprint density at radius 3 is 3.00 bits per heavy atom. The molecule has 0 aliphatic heterocycles. The van der Waals surface area contributed by atoms with E-state index in [1.807, 2.05) is 24.3 Å². The molecular formula is C14H18ClN5O. The quantitative estimate of drug-likeness (QED) is 0.593. The molecule has 7 heteroatoms. The van der Waals surface area contributed by atoms with Gasteiger partial charge in [0.15, 0.2) is 0 Å². The molecule has 0 spiro atoms. The smallest absolute Gasteiger partial charge is 0.216 e. The molecular weight excluding hydrogens is 290 g/mol. The van der Waals surface area contributed by atoms with Crippen molar-refractivity contribution in [3.8, 4) is 0 Å². The Morgan fingerprint density at radius 2 is 2.24 bits per heavy atom. The fourth-order valence-electron chi connectivity index (χ4n) is 1.80. The van der Waals surface area contributed by atoms with Crippen molar-refractivity contribution in [1.82, 2.24) is 15.5 Å². The maximum Gasteiger partial charge on any atom is 0.216 e. The lowest BCUT2D eigenvalue weighted by molar-refractivity contribution is -0.118. The molecule has 0 saturated carbocycles. The van der Waals surface area contributed by atoms with Crippen molar-refractivity contribution >= 4 is 34.7 Å². The summed E-state index contributed by atoms with van der Waals surface area (Å²) < 4.78 is 0. The second kappa shape index (κ2) is 7.54. The highest BCUT2D eigenvalue weighted by Gasteiger charge is 2.05. The van der Waals surface area contributed by atoms with Crippen LogP contribution in [0.25, 0.3) is 0 Å². The molecule has 1 heterocycles. The zero-order chi connectivity index (χ0) is 15.1. The zero-order valence-corrected chi connectivity index (χ0v) is 12.5. The maximum atomic E-state index is 10.8. The van der Waals surface area contributed by atoms with E-state index in [2.05, 4.69) is 26.1 Å². The number of H-pyrrole nitrogens is 1. The van der Waals surface area contributed by atoms with Crippen molar-refractivity contribution in [2.75, 3.05) is 23.7 Å². The van der Waals surface area contributed by atoms with Gasteiger partial charge in [-0.2, -0.15) is 5.10 Å². The predicted octanol–water partition coefficient (Wildman–Crippen LogP) is 2.74. The number of nitrogens with one attached hydrogen (secondary N) is 4. The molecule has 112 valence electrons. The lowest BCUT2D eigenvalue weighted by Gasteiger charge is -2.09. The van der Waals surface area contributed by atoms with Crippen LogP contribution in [0.2, 0.25) is 5.02 Å². The summed E-state index contributed by atoms with van der Waals surface area (Å²) in [7, 11) is 0. The van der Waals surface area contributed by atoms with E-state index in [-0.39, 0.29) is 5.91 Å². The van der Waals surface area contributed by atoms with Gasteiger partial charge in [0.05, 0.1) is 6.20 Å². The van der Waals surface area contributed by atoms with Crippen LogP contribution >= 0.6 is 11.6 Å². The molecule has 2 rings (SSSR count). The van der Waals surface area contributed by atoms with E-state index in [1.165, 1.54) is 6.92 Å². The Morgan fingerprint density at radius 1 is 1.38 bits per heavy atom. The number of nitrogens with zero attached hydrogens (tertiary/aromatic N) is 1. The van der Waals surface area contributed by atoms with Crippen molar-refractivity contribution in [3.63, 3.8) is 0 Å². The van der Waals surface area contributed by atoms with Gasteiger partial charge < -0.3 is 16.0 Å². The summed E-state index contributed by atoms with van der Waals surface area (Å²) in [6, 6.07) is 7.48. The number of hydrogen-bond donors (Lipinski definition) is 4. The molecule has 0 fully saturated rings. The summed E-state index contributed by atoms with van der Waals surface area (Å²) in [4.78, 5) is 10.8. The van der Waals surface area contributed by atoms with E-state index < -0.39 is 0 Å². The van der Waals surface area contributed by atoms with E-state index in [0.717, 1.165) is 30.2 Å². The number of amides is 1. The van der Waals surface area contributed by atoms with E-state index in [9.17, 15) is 4.79 Å². The van der Waals surface area contributed by atoms with Crippen molar-refractivity contribution < 1.29 is 4.79 Å². The Balaban J connectivity index is 1.85. The van der Waals surface area contributed by atoms with Gasteiger partial charge in [0.2, 0.25) is 5.91 Å². The molecule has 0 atom stereocenters. The van der Waals surface area contributed by atoms with Crippen LogP contribution in [-0.4, -0.2) is 29.2 Å². The minimum absolute atomic E-state index is 0.0140. The van der Waals surface area contributed by atoms with E-state index in [0.29, 0.717) is 11.6 Å². The lowest BCUT2D eigenvalue weighted by atomic mass is 10.3. The van der Waals surface area contributed by atoms with Crippen LogP contribution in [0.5, 0.6) is 0 Å². The molecule has 1 amide bonds. The molecule has 1 aromatic carbocycles. The average Bonchev–Trinajstić information content (AvgIpc) is 2.85. The van der Waals surface area contributed by atoms with Crippen LogP contribution in [0.1, 0.15) is 13.3 Å². The standard InChI is InChI=1S/C14H18ClN5O/c1-10(21)16-6-3-7-17-14-13(9-18-20-14)19-12-5-2-4-11(15)8-12/h2,4-5,8-9,19H,3,6-7H2,1H3,(H,16,21)(H2,17,18,20). The second-order valence-electron chi connectivity index (χ2n) is 4.56. The first-order valence-corrected chi connectivity index (χ1v) is 7.07. The second-order valence-corrected chi connectivity index (χ2v) is 4.99. The Labute approximate surface area is 128 Å². The molecule has 0 saturated heterocycles. The predicted molar refractivity (Wildman–Crippen MR) is 85.1 cm³/mol. The van der Waals surface area contributed by atoms with Gasteiger partial charge in [-0.15, -0.1) is 0 Å². The number of aromatic nitrogens is 2. The van der Waals surface area contributed by atoms with Gasteiger partial charge in [0.1, 0.15) is 11.5 Å². The molecule has 2 aromatic rings. The minimum atomic E-state index is -0.0140. The molecule has 0 bridgehead atoms. The molecule has 4 N–H and O–H groups in total. The number of halogens is 1. The number of aromatic amines is 1. The third-order valence-electron chi connectivity index (χ3n) is 2.77. The van der Waals surface area contributed by atoms with Crippen LogP contribution in [0.3, 0.4) is 0 Å². The summed E-state index contributed by atoms with van der Waals surface area (Å²) in [6.07, 6.45) is 2.53. The first-order chi connectivity index (χ1) is 10.1. The van der Waals surface area contributed by atoms with Gasteiger partial charge in [0, 0.05) is 30.7 Å². The van der Waals surface area contributed by atoms with Gasteiger partial charge in [-0.05, 0) is 24.6 Å².